The van der Waals surface area contributed by atoms with Crippen LogP contribution in [0.3, 0.4) is 0 Å². The summed E-state index contributed by atoms with van der Waals surface area (Å²) in [7, 11) is 1.63. The standard InChI is InChI=1S/C16H15Cl2NO2/c1-20-12-3-4-14(18)15(8-12)19-9-13-7-10-6-11(17)2-5-16(10)21-13/h2-6,8,13,19H,7,9H2,1H3. The van der Waals surface area contributed by atoms with E-state index < -0.39 is 0 Å². The Bertz CT molecular complexity index is 661. The Labute approximate surface area is 133 Å². The lowest BCUT2D eigenvalue weighted by atomic mass is 10.1. The van der Waals surface area contributed by atoms with Crippen molar-refractivity contribution >= 4 is 28.9 Å². The van der Waals surface area contributed by atoms with Gasteiger partial charge in [0, 0.05) is 17.5 Å². The fourth-order valence-electron chi connectivity index (χ4n) is 2.39. The van der Waals surface area contributed by atoms with Crippen molar-refractivity contribution in [1.82, 2.24) is 0 Å². The largest absolute Gasteiger partial charge is 0.497 e. The van der Waals surface area contributed by atoms with Crippen molar-refractivity contribution in [3.63, 3.8) is 0 Å². The van der Waals surface area contributed by atoms with Gasteiger partial charge in [-0.1, -0.05) is 23.2 Å². The van der Waals surface area contributed by atoms with Crippen molar-refractivity contribution in [3.8, 4) is 11.5 Å². The van der Waals surface area contributed by atoms with Crippen LogP contribution in [0.15, 0.2) is 36.4 Å². The van der Waals surface area contributed by atoms with Crippen LogP contribution < -0.4 is 14.8 Å². The molecule has 0 fully saturated rings. The molecule has 110 valence electrons. The van der Waals surface area contributed by atoms with Crippen LogP contribution in [0, 0.1) is 0 Å². The number of ether oxygens (including phenoxy) is 2. The number of anilines is 1. The lowest BCUT2D eigenvalue weighted by molar-refractivity contribution is 0.246. The van der Waals surface area contributed by atoms with E-state index >= 15 is 0 Å². The first-order valence-corrected chi connectivity index (χ1v) is 7.44. The SMILES string of the molecule is COc1ccc(Cl)c(NCC2Cc3cc(Cl)ccc3O2)c1. The molecule has 1 atom stereocenters. The average Bonchev–Trinajstić information content (AvgIpc) is 2.88. The molecule has 0 amide bonds. The highest BCUT2D eigenvalue weighted by atomic mass is 35.5. The topological polar surface area (TPSA) is 30.5 Å². The quantitative estimate of drug-likeness (QED) is 0.903. The smallest absolute Gasteiger partial charge is 0.123 e. The molecule has 1 heterocycles. The van der Waals surface area contributed by atoms with Gasteiger partial charge in [0.05, 0.1) is 24.4 Å². The van der Waals surface area contributed by atoms with E-state index in [1.165, 1.54) is 0 Å². The average molecular weight is 324 g/mol. The Morgan fingerprint density at radius 1 is 1.24 bits per heavy atom. The fraction of sp³-hybridized carbons (Fsp3) is 0.250. The van der Waals surface area contributed by atoms with Gasteiger partial charge in [0.15, 0.2) is 0 Å². The second kappa shape index (κ2) is 6.04. The van der Waals surface area contributed by atoms with E-state index in [1.54, 1.807) is 7.11 Å². The Kier molecular flexibility index (Phi) is 4.13. The van der Waals surface area contributed by atoms with Crippen molar-refractivity contribution in [3.05, 3.63) is 52.0 Å². The van der Waals surface area contributed by atoms with Crippen LogP contribution in [0.25, 0.3) is 0 Å². The van der Waals surface area contributed by atoms with Crippen molar-refractivity contribution in [1.29, 1.82) is 0 Å². The molecule has 1 N–H and O–H groups in total. The normalized spacial score (nSPS) is 16.2. The van der Waals surface area contributed by atoms with Crippen molar-refractivity contribution in [2.75, 3.05) is 19.0 Å². The summed E-state index contributed by atoms with van der Waals surface area (Å²) >= 11 is 12.2. The van der Waals surface area contributed by atoms with Crippen LogP contribution >= 0.6 is 23.2 Å². The summed E-state index contributed by atoms with van der Waals surface area (Å²) in [6.45, 7) is 0.666. The number of methoxy groups -OCH3 is 1. The predicted octanol–water partition coefficient (Wildman–Crippen LogP) is 4.42. The molecule has 0 aromatic heterocycles. The third kappa shape index (κ3) is 3.20. The molecule has 2 aromatic rings. The molecule has 21 heavy (non-hydrogen) atoms. The third-order valence-electron chi connectivity index (χ3n) is 3.46. The summed E-state index contributed by atoms with van der Waals surface area (Å²) in [5.74, 6) is 1.67. The number of halogens is 2. The van der Waals surface area contributed by atoms with Crippen LogP contribution in [-0.4, -0.2) is 19.8 Å². The summed E-state index contributed by atoms with van der Waals surface area (Å²) in [5, 5.41) is 4.71. The van der Waals surface area contributed by atoms with Gasteiger partial charge in [0.25, 0.3) is 0 Å². The lowest BCUT2D eigenvalue weighted by Gasteiger charge is -2.14. The molecule has 1 aliphatic heterocycles. The molecular formula is C16H15Cl2NO2. The Morgan fingerprint density at radius 2 is 2.10 bits per heavy atom. The molecule has 1 unspecified atom stereocenters. The number of benzene rings is 2. The van der Waals surface area contributed by atoms with Gasteiger partial charge < -0.3 is 14.8 Å². The monoisotopic (exact) mass is 323 g/mol. The van der Waals surface area contributed by atoms with Gasteiger partial charge in [0.1, 0.15) is 17.6 Å². The third-order valence-corrected chi connectivity index (χ3v) is 4.02. The Balaban J connectivity index is 1.65. The molecule has 3 rings (SSSR count). The van der Waals surface area contributed by atoms with Crippen molar-refractivity contribution < 1.29 is 9.47 Å². The highest BCUT2D eigenvalue weighted by Gasteiger charge is 2.23. The molecule has 0 radical (unpaired) electrons. The van der Waals surface area contributed by atoms with Gasteiger partial charge in [-0.3, -0.25) is 0 Å². The lowest BCUT2D eigenvalue weighted by Crippen LogP contribution is -2.24. The summed E-state index contributed by atoms with van der Waals surface area (Å²) in [5.41, 5.74) is 1.99. The summed E-state index contributed by atoms with van der Waals surface area (Å²) in [6.07, 6.45) is 0.908. The van der Waals surface area contributed by atoms with E-state index in [0.717, 1.165) is 34.2 Å². The maximum atomic E-state index is 6.17. The number of rotatable bonds is 4. The van der Waals surface area contributed by atoms with Crippen LogP contribution in [0.1, 0.15) is 5.56 Å². The predicted molar refractivity (Wildman–Crippen MR) is 86.1 cm³/mol. The van der Waals surface area contributed by atoms with Crippen LogP contribution in [0.2, 0.25) is 10.0 Å². The zero-order valence-corrected chi connectivity index (χ0v) is 13.0. The first-order valence-electron chi connectivity index (χ1n) is 6.68. The first kappa shape index (κ1) is 14.4. The van der Waals surface area contributed by atoms with E-state index in [1.807, 2.05) is 36.4 Å². The molecule has 0 bridgehead atoms. The highest BCUT2D eigenvalue weighted by Crippen LogP contribution is 2.32. The van der Waals surface area contributed by atoms with E-state index in [-0.39, 0.29) is 6.10 Å². The molecule has 0 spiro atoms. The first-order chi connectivity index (χ1) is 10.2. The molecular weight excluding hydrogens is 309 g/mol. The zero-order chi connectivity index (χ0) is 14.8. The van der Waals surface area contributed by atoms with Crippen LogP contribution in [0.4, 0.5) is 5.69 Å². The molecule has 2 aromatic carbocycles. The van der Waals surface area contributed by atoms with E-state index in [9.17, 15) is 0 Å². The fourth-order valence-corrected chi connectivity index (χ4v) is 2.77. The number of hydrogen-bond donors (Lipinski definition) is 1. The molecule has 1 aliphatic rings. The second-order valence-electron chi connectivity index (χ2n) is 4.92. The molecule has 0 saturated heterocycles. The van der Waals surface area contributed by atoms with E-state index in [2.05, 4.69) is 5.32 Å². The minimum atomic E-state index is 0.0701. The number of nitrogens with one attached hydrogen (secondary N) is 1. The highest BCUT2D eigenvalue weighted by molar-refractivity contribution is 6.33. The molecule has 3 nitrogen and oxygen atoms in total. The summed E-state index contributed by atoms with van der Waals surface area (Å²) in [6, 6.07) is 11.2. The molecule has 5 heteroatoms. The van der Waals surface area contributed by atoms with Gasteiger partial charge >= 0.3 is 0 Å². The summed E-state index contributed by atoms with van der Waals surface area (Å²) in [4.78, 5) is 0. The Hall–Kier alpha value is -1.58. The van der Waals surface area contributed by atoms with Crippen LogP contribution in [-0.2, 0) is 6.42 Å². The molecule has 0 aliphatic carbocycles. The zero-order valence-electron chi connectivity index (χ0n) is 11.5. The number of hydrogen-bond acceptors (Lipinski definition) is 3. The number of fused-ring (bicyclic) bond motifs is 1. The maximum absolute atomic E-state index is 6.17. The van der Waals surface area contributed by atoms with Crippen molar-refractivity contribution in [2.45, 2.75) is 12.5 Å². The van der Waals surface area contributed by atoms with Gasteiger partial charge in [-0.15, -0.1) is 0 Å². The maximum Gasteiger partial charge on any atom is 0.123 e. The van der Waals surface area contributed by atoms with E-state index in [0.29, 0.717) is 11.6 Å². The minimum absolute atomic E-state index is 0.0701. The van der Waals surface area contributed by atoms with Crippen molar-refractivity contribution in [2.24, 2.45) is 0 Å². The van der Waals surface area contributed by atoms with E-state index in [4.69, 9.17) is 32.7 Å². The van der Waals surface area contributed by atoms with Gasteiger partial charge in [-0.2, -0.15) is 0 Å². The van der Waals surface area contributed by atoms with Gasteiger partial charge in [-0.25, -0.2) is 0 Å². The summed E-state index contributed by atoms with van der Waals surface area (Å²) < 4.78 is 11.1. The Morgan fingerprint density at radius 3 is 2.90 bits per heavy atom. The minimum Gasteiger partial charge on any atom is -0.497 e. The second-order valence-corrected chi connectivity index (χ2v) is 5.77. The van der Waals surface area contributed by atoms with Crippen LogP contribution in [0.5, 0.6) is 11.5 Å². The van der Waals surface area contributed by atoms with Gasteiger partial charge in [0.2, 0.25) is 0 Å². The van der Waals surface area contributed by atoms with Gasteiger partial charge in [-0.05, 0) is 35.9 Å². The molecule has 0 saturated carbocycles.